The van der Waals surface area contributed by atoms with Crippen LogP contribution in [0.3, 0.4) is 0 Å². The van der Waals surface area contributed by atoms with Crippen molar-refractivity contribution in [1.82, 2.24) is 19.7 Å². The number of aromatic nitrogens is 1. The molecule has 0 saturated carbocycles. The molecule has 0 bridgehead atoms. The van der Waals surface area contributed by atoms with Crippen LogP contribution in [0.4, 0.5) is 4.39 Å². The molecule has 0 aliphatic carbocycles. The van der Waals surface area contributed by atoms with E-state index in [0.29, 0.717) is 13.1 Å². The molecule has 0 radical (unpaired) electrons. The molecule has 6 nitrogen and oxygen atoms in total. The molecule has 0 unspecified atom stereocenters. The number of carbonyl (C=O) groups excluding carboxylic acids is 2. The number of carbonyl (C=O) groups is 2. The van der Waals surface area contributed by atoms with Gasteiger partial charge in [-0.25, -0.2) is 4.39 Å². The molecule has 0 spiro atoms. The fourth-order valence-corrected chi connectivity index (χ4v) is 5.23. The quantitative estimate of drug-likeness (QED) is 0.328. The van der Waals surface area contributed by atoms with Crippen molar-refractivity contribution in [3.63, 3.8) is 0 Å². The standard InChI is InChI=1S/C31H33FN4O2.2ClH/c32-27-11-9-25(10-12-27)29-8-2-1-6-26(29)20-24-13-18-34(19-14-24)16-5-17-36-30(37)22-35(23-31(36)38)21-28-7-3-4-15-33-28;;/h1-4,6-12,15,20H,5,13-14,16-19,21-23H2;2*1H. The van der Waals surface area contributed by atoms with Crippen LogP contribution in [0.1, 0.15) is 30.5 Å². The minimum atomic E-state index is -0.228. The van der Waals surface area contributed by atoms with Crippen molar-refractivity contribution in [3.05, 3.63) is 95.6 Å². The molecule has 3 heterocycles. The van der Waals surface area contributed by atoms with Gasteiger partial charge in [0.25, 0.3) is 0 Å². The summed E-state index contributed by atoms with van der Waals surface area (Å²) in [6.07, 6.45) is 6.76. The van der Waals surface area contributed by atoms with E-state index < -0.39 is 0 Å². The van der Waals surface area contributed by atoms with E-state index in [9.17, 15) is 14.0 Å². The lowest BCUT2D eigenvalue weighted by molar-refractivity contribution is -0.151. The van der Waals surface area contributed by atoms with Gasteiger partial charge in [-0.2, -0.15) is 0 Å². The van der Waals surface area contributed by atoms with E-state index in [1.165, 1.54) is 22.6 Å². The smallest absolute Gasteiger partial charge is 0.243 e. The van der Waals surface area contributed by atoms with Crippen molar-refractivity contribution in [2.24, 2.45) is 0 Å². The second kappa shape index (κ2) is 15.1. The normalized spacial score (nSPS) is 16.3. The first kappa shape index (κ1) is 31.4. The van der Waals surface area contributed by atoms with E-state index in [1.807, 2.05) is 47.4 Å². The van der Waals surface area contributed by atoms with Gasteiger partial charge in [-0.1, -0.05) is 54.1 Å². The molecular formula is C31H35Cl2FN4O2. The van der Waals surface area contributed by atoms with E-state index in [-0.39, 0.29) is 55.5 Å². The van der Waals surface area contributed by atoms with Gasteiger partial charge in [0.05, 0.1) is 18.8 Å². The summed E-state index contributed by atoms with van der Waals surface area (Å²) in [4.78, 5) is 35.3. The highest BCUT2D eigenvalue weighted by Gasteiger charge is 2.30. The summed E-state index contributed by atoms with van der Waals surface area (Å²) in [5.41, 5.74) is 5.54. The molecular weight excluding hydrogens is 550 g/mol. The summed E-state index contributed by atoms with van der Waals surface area (Å²) in [5.74, 6) is -0.477. The first-order valence-corrected chi connectivity index (χ1v) is 13.3. The molecule has 3 aromatic rings. The minimum Gasteiger partial charge on any atom is -0.303 e. The molecule has 0 atom stereocenters. The fraction of sp³-hybridized carbons (Fsp3) is 0.323. The Bertz CT molecular complexity index is 1280. The Hall–Kier alpha value is -3.10. The molecule has 0 N–H and O–H groups in total. The third-order valence-electron chi connectivity index (χ3n) is 7.26. The van der Waals surface area contributed by atoms with Gasteiger partial charge in [-0.3, -0.25) is 24.4 Å². The van der Waals surface area contributed by atoms with Crippen LogP contribution >= 0.6 is 24.8 Å². The van der Waals surface area contributed by atoms with Crippen LogP contribution in [-0.2, 0) is 16.1 Å². The zero-order valence-electron chi connectivity index (χ0n) is 22.4. The highest BCUT2D eigenvalue weighted by Crippen LogP contribution is 2.28. The number of hydrogen-bond donors (Lipinski definition) is 0. The number of piperazine rings is 1. The Labute approximate surface area is 247 Å². The second-order valence-corrected chi connectivity index (χ2v) is 10.00. The van der Waals surface area contributed by atoms with E-state index in [0.717, 1.165) is 61.3 Å². The first-order valence-electron chi connectivity index (χ1n) is 13.3. The number of hydrogen-bond acceptors (Lipinski definition) is 5. The van der Waals surface area contributed by atoms with Gasteiger partial charge in [0, 0.05) is 32.4 Å². The number of nitrogens with zero attached hydrogens (tertiary/aromatic N) is 4. The van der Waals surface area contributed by atoms with Crippen molar-refractivity contribution in [1.29, 1.82) is 0 Å². The van der Waals surface area contributed by atoms with Gasteiger partial charge < -0.3 is 4.90 Å². The third kappa shape index (κ3) is 8.21. The summed E-state index contributed by atoms with van der Waals surface area (Å²) in [6, 6.07) is 20.6. The maximum Gasteiger partial charge on any atom is 0.243 e. The summed E-state index contributed by atoms with van der Waals surface area (Å²) >= 11 is 0. The second-order valence-electron chi connectivity index (χ2n) is 10.00. The van der Waals surface area contributed by atoms with Gasteiger partial charge in [0.15, 0.2) is 0 Å². The van der Waals surface area contributed by atoms with Crippen molar-refractivity contribution in [2.75, 3.05) is 39.3 Å². The van der Waals surface area contributed by atoms with E-state index in [2.05, 4.69) is 28.1 Å². The monoisotopic (exact) mass is 584 g/mol. The predicted octanol–water partition coefficient (Wildman–Crippen LogP) is 5.47. The van der Waals surface area contributed by atoms with Crippen LogP contribution in [-0.4, -0.2) is 70.8 Å². The molecule has 2 fully saturated rings. The molecule has 2 aliphatic rings. The summed E-state index contributed by atoms with van der Waals surface area (Å²) in [6.45, 7) is 4.27. The van der Waals surface area contributed by atoms with Crippen molar-refractivity contribution >= 4 is 42.7 Å². The molecule has 40 heavy (non-hydrogen) atoms. The number of piperidine rings is 1. The van der Waals surface area contributed by atoms with Gasteiger partial charge >= 0.3 is 0 Å². The van der Waals surface area contributed by atoms with Crippen LogP contribution in [0.15, 0.2) is 78.5 Å². The summed E-state index contributed by atoms with van der Waals surface area (Å²) in [7, 11) is 0. The highest BCUT2D eigenvalue weighted by atomic mass is 35.5. The molecule has 2 aromatic carbocycles. The van der Waals surface area contributed by atoms with Crippen LogP contribution < -0.4 is 0 Å². The van der Waals surface area contributed by atoms with Crippen molar-refractivity contribution < 1.29 is 14.0 Å². The first-order chi connectivity index (χ1) is 18.5. The Balaban J connectivity index is 0.00000220. The number of halogens is 3. The van der Waals surface area contributed by atoms with Crippen LogP contribution in [0, 0.1) is 5.82 Å². The number of amides is 2. The molecule has 5 rings (SSSR count). The van der Waals surface area contributed by atoms with Gasteiger partial charge in [-0.05, 0) is 66.8 Å². The lowest BCUT2D eigenvalue weighted by Crippen LogP contribution is -2.54. The van der Waals surface area contributed by atoms with Gasteiger partial charge in [0.1, 0.15) is 5.82 Å². The number of imide groups is 1. The SMILES string of the molecule is Cl.Cl.O=C1CN(Cc2ccccn2)CC(=O)N1CCCN1CCC(=Cc2ccccc2-c2ccc(F)cc2)CC1. The molecule has 2 aliphatic heterocycles. The Morgan fingerprint density at radius 1 is 0.800 bits per heavy atom. The van der Waals surface area contributed by atoms with Gasteiger partial charge in [0.2, 0.25) is 11.8 Å². The maximum absolute atomic E-state index is 13.4. The van der Waals surface area contributed by atoms with Gasteiger partial charge in [-0.15, -0.1) is 24.8 Å². The van der Waals surface area contributed by atoms with E-state index in [4.69, 9.17) is 0 Å². The Morgan fingerprint density at radius 3 is 2.15 bits per heavy atom. The lowest BCUT2D eigenvalue weighted by Gasteiger charge is -2.33. The van der Waals surface area contributed by atoms with Crippen LogP contribution in [0.5, 0.6) is 0 Å². The average molecular weight is 586 g/mol. The minimum absolute atomic E-state index is 0. The number of rotatable bonds is 8. The number of pyridine rings is 1. The molecule has 9 heteroatoms. The topological polar surface area (TPSA) is 56.8 Å². The lowest BCUT2D eigenvalue weighted by atomic mass is 9.95. The highest BCUT2D eigenvalue weighted by molar-refractivity contribution is 5.99. The fourth-order valence-electron chi connectivity index (χ4n) is 5.23. The molecule has 212 valence electrons. The third-order valence-corrected chi connectivity index (χ3v) is 7.26. The summed E-state index contributed by atoms with van der Waals surface area (Å²) in [5, 5.41) is 0. The zero-order chi connectivity index (χ0) is 26.3. The largest absolute Gasteiger partial charge is 0.303 e. The molecule has 1 aromatic heterocycles. The van der Waals surface area contributed by atoms with Crippen LogP contribution in [0.2, 0.25) is 0 Å². The molecule has 2 amide bonds. The average Bonchev–Trinajstić information content (AvgIpc) is 2.93. The number of likely N-dealkylation sites (tertiary alicyclic amines) is 1. The van der Waals surface area contributed by atoms with E-state index in [1.54, 1.807) is 6.20 Å². The summed E-state index contributed by atoms with van der Waals surface area (Å²) < 4.78 is 13.4. The Morgan fingerprint density at radius 2 is 1.48 bits per heavy atom. The van der Waals surface area contributed by atoms with Crippen molar-refractivity contribution in [2.45, 2.75) is 25.8 Å². The van der Waals surface area contributed by atoms with Crippen LogP contribution in [0.25, 0.3) is 17.2 Å². The van der Waals surface area contributed by atoms with Crippen molar-refractivity contribution in [3.8, 4) is 11.1 Å². The molecule has 2 saturated heterocycles. The number of benzene rings is 2. The maximum atomic E-state index is 13.4. The Kier molecular flexibility index (Phi) is 11.8. The zero-order valence-corrected chi connectivity index (χ0v) is 24.0. The predicted molar refractivity (Wildman–Crippen MR) is 161 cm³/mol. The van der Waals surface area contributed by atoms with E-state index >= 15 is 0 Å².